The number of carbonyl (C=O) groups excluding carboxylic acids is 1. The third kappa shape index (κ3) is 9.48. The van der Waals surface area contributed by atoms with Crippen LogP contribution in [0.4, 0.5) is 0 Å². The van der Waals surface area contributed by atoms with Crippen LogP contribution < -0.4 is 0 Å². The Morgan fingerprint density at radius 2 is 1.93 bits per heavy atom. The topological polar surface area (TPSA) is 55.8 Å². The Morgan fingerprint density at radius 3 is 2.43 bits per heavy atom. The number of unbranched alkanes of at least 4 members (excludes halogenated alkanes) is 1. The van der Waals surface area contributed by atoms with Crippen molar-refractivity contribution in [1.29, 1.82) is 0 Å². The van der Waals surface area contributed by atoms with E-state index >= 15 is 0 Å². The van der Waals surface area contributed by atoms with Crippen molar-refractivity contribution in [3.05, 3.63) is 0 Å². The van der Waals surface area contributed by atoms with Crippen molar-refractivity contribution >= 4 is 5.97 Å². The maximum Gasteiger partial charge on any atom is 0.332 e. The first-order valence-electron chi connectivity index (χ1n) is 4.86. The molecule has 0 aromatic carbocycles. The summed E-state index contributed by atoms with van der Waals surface area (Å²) in [6, 6.07) is 0. The van der Waals surface area contributed by atoms with E-state index in [0.717, 1.165) is 6.42 Å². The molecular formula is C10H20O4. The lowest BCUT2D eigenvalue weighted by atomic mass is 10.2. The number of hydrogen-bond acceptors (Lipinski definition) is 4. The molecule has 0 aliphatic carbocycles. The summed E-state index contributed by atoms with van der Waals surface area (Å²) in [5.74, 6) is -0.346. The molecule has 84 valence electrons. The highest BCUT2D eigenvalue weighted by Crippen LogP contribution is 2.06. The van der Waals surface area contributed by atoms with E-state index in [9.17, 15) is 4.79 Å². The Bertz CT molecular complexity index is 160. The molecule has 4 heteroatoms. The fourth-order valence-corrected chi connectivity index (χ4v) is 0.842. The fraction of sp³-hybridized carbons (Fsp3) is 0.900. The van der Waals surface area contributed by atoms with Gasteiger partial charge >= 0.3 is 5.97 Å². The number of carbonyl (C=O) groups is 1. The van der Waals surface area contributed by atoms with Crippen LogP contribution in [0.2, 0.25) is 0 Å². The van der Waals surface area contributed by atoms with E-state index in [1.54, 1.807) is 0 Å². The number of aliphatic hydroxyl groups excluding tert-OH is 1. The van der Waals surface area contributed by atoms with Crippen molar-refractivity contribution in [2.75, 3.05) is 19.8 Å². The molecule has 1 N–H and O–H groups in total. The molecule has 0 fully saturated rings. The molecule has 0 heterocycles. The van der Waals surface area contributed by atoms with Gasteiger partial charge in [0.05, 0.1) is 0 Å². The number of hydrogen-bond donors (Lipinski definition) is 1. The standard InChI is InChI=1S/C10H20O4/c1-10(2,3)14-9(12)8-13-7-5-4-6-11/h11H,4-8H2,1-3H3. The van der Waals surface area contributed by atoms with Crippen LogP contribution in [-0.2, 0) is 14.3 Å². The van der Waals surface area contributed by atoms with E-state index in [-0.39, 0.29) is 19.2 Å². The molecule has 0 aromatic rings. The highest BCUT2D eigenvalue weighted by Gasteiger charge is 2.15. The molecule has 0 aromatic heterocycles. The van der Waals surface area contributed by atoms with Crippen molar-refractivity contribution in [1.82, 2.24) is 0 Å². The van der Waals surface area contributed by atoms with Gasteiger partial charge in [-0.2, -0.15) is 0 Å². The predicted octanol–water partition coefficient (Wildman–Crippen LogP) is 1.12. The lowest BCUT2D eigenvalue weighted by Crippen LogP contribution is -2.26. The maximum absolute atomic E-state index is 11.1. The zero-order valence-corrected chi connectivity index (χ0v) is 9.21. The highest BCUT2D eigenvalue weighted by atomic mass is 16.6. The minimum Gasteiger partial charge on any atom is -0.458 e. The monoisotopic (exact) mass is 204 g/mol. The van der Waals surface area contributed by atoms with Crippen LogP contribution in [0.15, 0.2) is 0 Å². The smallest absolute Gasteiger partial charge is 0.332 e. The molecule has 0 unspecified atom stereocenters. The first kappa shape index (κ1) is 13.4. The van der Waals surface area contributed by atoms with E-state index in [0.29, 0.717) is 13.0 Å². The van der Waals surface area contributed by atoms with Gasteiger partial charge in [-0.25, -0.2) is 4.79 Å². The third-order valence-electron chi connectivity index (χ3n) is 1.34. The van der Waals surface area contributed by atoms with Crippen LogP contribution in [0, 0.1) is 0 Å². The summed E-state index contributed by atoms with van der Waals surface area (Å²) in [6.07, 6.45) is 1.47. The van der Waals surface area contributed by atoms with Crippen LogP contribution in [0.25, 0.3) is 0 Å². The number of rotatable bonds is 6. The molecule has 0 aliphatic heterocycles. The fourth-order valence-electron chi connectivity index (χ4n) is 0.842. The Hall–Kier alpha value is -0.610. The second-order valence-corrected chi connectivity index (χ2v) is 4.07. The summed E-state index contributed by atoms with van der Waals surface area (Å²) in [7, 11) is 0. The second kappa shape index (κ2) is 6.79. The van der Waals surface area contributed by atoms with E-state index in [2.05, 4.69) is 0 Å². The van der Waals surface area contributed by atoms with Crippen LogP contribution in [0.3, 0.4) is 0 Å². The first-order valence-corrected chi connectivity index (χ1v) is 4.86. The Labute approximate surface area is 85.2 Å². The zero-order valence-electron chi connectivity index (χ0n) is 9.21. The minimum atomic E-state index is -0.453. The van der Waals surface area contributed by atoms with Gasteiger partial charge in [0, 0.05) is 13.2 Å². The molecule has 0 rings (SSSR count). The Morgan fingerprint density at radius 1 is 1.29 bits per heavy atom. The molecule has 0 spiro atoms. The van der Waals surface area contributed by atoms with Gasteiger partial charge in [-0.1, -0.05) is 0 Å². The van der Waals surface area contributed by atoms with Crippen molar-refractivity contribution < 1.29 is 19.4 Å². The molecule has 14 heavy (non-hydrogen) atoms. The lowest BCUT2D eigenvalue weighted by molar-refractivity contribution is -0.160. The van der Waals surface area contributed by atoms with Crippen LogP contribution in [0.1, 0.15) is 33.6 Å². The SMILES string of the molecule is CC(C)(C)OC(=O)COCCCCO. The van der Waals surface area contributed by atoms with E-state index in [1.807, 2.05) is 20.8 Å². The number of esters is 1. The van der Waals surface area contributed by atoms with Crippen molar-refractivity contribution in [2.45, 2.75) is 39.2 Å². The normalized spacial score (nSPS) is 11.4. The van der Waals surface area contributed by atoms with Gasteiger partial charge in [0.1, 0.15) is 12.2 Å². The van der Waals surface area contributed by atoms with Gasteiger partial charge in [-0.3, -0.25) is 0 Å². The summed E-state index contributed by atoms with van der Waals surface area (Å²) in [4.78, 5) is 11.1. The van der Waals surface area contributed by atoms with Crippen molar-refractivity contribution in [3.63, 3.8) is 0 Å². The summed E-state index contributed by atoms with van der Waals surface area (Å²) in [6.45, 7) is 6.09. The van der Waals surface area contributed by atoms with Crippen LogP contribution >= 0.6 is 0 Å². The van der Waals surface area contributed by atoms with Gasteiger partial charge in [0.15, 0.2) is 0 Å². The number of aliphatic hydroxyl groups is 1. The molecule has 0 bridgehead atoms. The predicted molar refractivity (Wildman–Crippen MR) is 53.0 cm³/mol. The van der Waals surface area contributed by atoms with E-state index in [4.69, 9.17) is 14.6 Å². The molecule has 0 aliphatic rings. The van der Waals surface area contributed by atoms with Crippen LogP contribution in [0.5, 0.6) is 0 Å². The van der Waals surface area contributed by atoms with Gasteiger partial charge in [0.25, 0.3) is 0 Å². The van der Waals surface area contributed by atoms with Crippen molar-refractivity contribution in [3.8, 4) is 0 Å². The van der Waals surface area contributed by atoms with E-state index < -0.39 is 5.60 Å². The molecule has 0 radical (unpaired) electrons. The molecule has 0 atom stereocenters. The Balaban J connectivity index is 3.36. The highest BCUT2D eigenvalue weighted by molar-refractivity contribution is 5.71. The van der Waals surface area contributed by atoms with Gasteiger partial charge in [0.2, 0.25) is 0 Å². The molecule has 0 amide bonds. The second-order valence-electron chi connectivity index (χ2n) is 4.07. The molecule has 0 saturated carbocycles. The quantitative estimate of drug-likeness (QED) is 0.520. The largest absolute Gasteiger partial charge is 0.458 e. The summed E-state index contributed by atoms with van der Waals surface area (Å²) in [5, 5.41) is 8.48. The zero-order chi connectivity index (χ0) is 11.0. The van der Waals surface area contributed by atoms with Gasteiger partial charge in [-0.15, -0.1) is 0 Å². The first-order chi connectivity index (χ1) is 6.45. The Kier molecular flexibility index (Phi) is 6.49. The average Bonchev–Trinajstić information content (AvgIpc) is 2.00. The molecular weight excluding hydrogens is 184 g/mol. The minimum absolute atomic E-state index is 0.0112. The molecule has 0 saturated heterocycles. The van der Waals surface area contributed by atoms with Gasteiger partial charge < -0.3 is 14.6 Å². The van der Waals surface area contributed by atoms with E-state index in [1.165, 1.54) is 0 Å². The van der Waals surface area contributed by atoms with Crippen LogP contribution in [-0.4, -0.2) is 36.5 Å². The third-order valence-corrected chi connectivity index (χ3v) is 1.34. The van der Waals surface area contributed by atoms with Gasteiger partial charge in [-0.05, 0) is 33.6 Å². The summed E-state index contributed by atoms with van der Waals surface area (Å²) < 4.78 is 10.1. The molecule has 4 nitrogen and oxygen atoms in total. The average molecular weight is 204 g/mol. The van der Waals surface area contributed by atoms with Crippen molar-refractivity contribution in [2.24, 2.45) is 0 Å². The number of ether oxygens (including phenoxy) is 2. The maximum atomic E-state index is 11.1. The lowest BCUT2D eigenvalue weighted by Gasteiger charge is -2.19. The summed E-state index contributed by atoms with van der Waals surface area (Å²) in [5.41, 5.74) is -0.453. The summed E-state index contributed by atoms with van der Waals surface area (Å²) >= 11 is 0.